The number of nitrogens with zero attached hydrogens (tertiary/aromatic N) is 1. The summed E-state index contributed by atoms with van der Waals surface area (Å²) in [4.78, 5) is 15.1. The number of rotatable bonds is 4. The Bertz CT molecular complexity index is 610. The molecule has 0 spiro atoms. The third kappa shape index (κ3) is 2.63. The lowest BCUT2D eigenvalue weighted by molar-refractivity contribution is -0.118. The third-order valence-corrected chi connectivity index (χ3v) is 4.22. The number of thiophene rings is 1. The SMILES string of the molecule is CN(C(=O)CCc1cccs1)c1ccc2c(c1)OCO2. The monoisotopic (exact) mass is 289 g/mol. The molecule has 4 nitrogen and oxygen atoms in total. The first-order chi connectivity index (χ1) is 9.74. The molecule has 1 aliphatic heterocycles. The highest BCUT2D eigenvalue weighted by molar-refractivity contribution is 7.09. The number of hydrogen-bond donors (Lipinski definition) is 0. The maximum absolute atomic E-state index is 12.2. The van der Waals surface area contributed by atoms with Crippen molar-refractivity contribution in [1.29, 1.82) is 0 Å². The van der Waals surface area contributed by atoms with Gasteiger partial charge in [-0.3, -0.25) is 4.79 Å². The summed E-state index contributed by atoms with van der Waals surface area (Å²) in [6, 6.07) is 9.60. The van der Waals surface area contributed by atoms with E-state index in [1.807, 2.05) is 29.6 Å². The number of ether oxygens (including phenoxy) is 2. The number of carbonyl (C=O) groups excluding carboxylic acids is 1. The van der Waals surface area contributed by atoms with Crippen molar-refractivity contribution in [1.82, 2.24) is 0 Å². The van der Waals surface area contributed by atoms with E-state index in [2.05, 4.69) is 6.07 Å². The van der Waals surface area contributed by atoms with Crippen LogP contribution in [0.4, 0.5) is 5.69 Å². The van der Waals surface area contributed by atoms with E-state index < -0.39 is 0 Å². The number of benzene rings is 1. The molecule has 0 aliphatic carbocycles. The first-order valence-electron chi connectivity index (χ1n) is 6.42. The van der Waals surface area contributed by atoms with E-state index in [1.54, 1.807) is 23.3 Å². The lowest BCUT2D eigenvalue weighted by Gasteiger charge is -2.17. The molecule has 0 radical (unpaired) electrons. The molecule has 1 amide bonds. The van der Waals surface area contributed by atoms with Crippen LogP contribution in [0.25, 0.3) is 0 Å². The molecule has 0 N–H and O–H groups in total. The average molecular weight is 289 g/mol. The van der Waals surface area contributed by atoms with Gasteiger partial charge in [0.15, 0.2) is 11.5 Å². The van der Waals surface area contributed by atoms with E-state index >= 15 is 0 Å². The summed E-state index contributed by atoms with van der Waals surface area (Å²) < 4.78 is 10.6. The van der Waals surface area contributed by atoms with Crippen LogP contribution in [-0.2, 0) is 11.2 Å². The summed E-state index contributed by atoms with van der Waals surface area (Å²) in [5.41, 5.74) is 0.824. The summed E-state index contributed by atoms with van der Waals surface area (Å²) in [5, 5.41) is 2.03. The smallest absolute Gasteiger partial charge is 0.231 e. The Morgan fingerprint density at radius 1 is 1.30 bits per heavy atom. The molecule has 3 rings (SSSR count). The highest BCUT2D eigenvalue weighted by Crippen LogP contribution is 2.35. The Balaban J connectivity index is 1.65. The highest BCUT2D eigenvalue weighted by atomic mass is 32.1. The molecule has 20 heavy (non-hydrogen) atoms. The Labute approximate surface area is 121 Å². The number of anilines is 1. The van der Waals surface area contributed by atoms with Crippen LogP contribution in [0.1, 0.15) is 11.3 Å². The topological polar surface area (TPSA) is 38.8 Å². The lowest BCUT2D eigenvalue weighted by Crippen LogP contribution is -2.26. The zero-order valence-electron chi connectivity index (χ0n) is 11.2. The van der Waals surface area contributed by atoms with Crippen LogP contribution in [0, 0.1) is 0 Å². The molecule has 1 aromatic heterocycles. The first-order valence-corrected chi connectivity index (χ1v) is 7.30. The van der Waals surface area contributed by atoms with Gasteiger partial charge in [-0.05, 0) is 30.0 Å². The molecule has 1 aliphatic rings. The van der Waals surface area contributed by atoms with Gasteiger partial charge in [-0.1, -0.05) is 6.07 Å². The zero-order chi connectivity index (χ0) is 13.9. The lowest BCUT2D eigenvalue weighted by atomic mass is 10.2. The first kappa shape index (κ1) is 13.0. The predicted molar refractivity (Wildman–Crippen MR) is 78.6 cm³/mol. The normalized spacial score (nSPS) is 12.4. The van der Waals surface area contributed by atoms with Crippen LogP contribution in [0.5, 0.6) is 11.5 Å². The van der Waals surface area contributed by atoms with Crippen molar-refractivity contribution < 1.29 is 14.3 Å². The van der Waals surface area contributed by atoms with Crippen molar-refractivity contribution in [3.05, 3.63) is 40.6 Å². The fourth-order valence-electron chi connectivity index (χ4n) is 2.09. The molecule has 0 saturated carbocycles. The van der Waals surface area contributed by atoms with Gasteiger partial charge in [0, 0.05) is 30.1 Å². The second-order valence-corrected chi connectivity index (χ2v) is 5.60. The largest absolute Gasteiger partial charge is 0.454 e. The Kier molecular flexibility index (Phi) is 3.60. The van der Waals surface area contributed by atoms with Gasteiger partial charge in [-0.15, -0.1) is 11.3 Å². The number of aryl methyl sites for hydroxylation is 1. The van der Waals surface area contributed by atoms with Crippen LogP contribution in [0.2, 0.25) is 0 Å². The van der Waals surface area contributed by atoms with Crippen LogP contribution in [0.3, 0.4) is 0 Å². The van der Waals surface area contributed by atoms with Gasteiger partial charge in [0.1, 0.15) is 0 Å². The second-order valence-electron chi connectivity index (χ2n) is 4.57. The Morgan fingerprint density at radius 3 is 2.95 bits per heavy atom. The highest BCUT2D eigenvalue weighted by Gasteiger charge is 2.17. The molecule has 0 atom stereocenters. The van der Waals surface area contributed by atoms with Crippen LogP contribution in [0.15, 0.2) is 35.7 Å². The Morgan fingerprint density at radius 2 is 2.15 bits per heavy atom. The Hall–Kier alpha value is -2.01. The molecular weight excluding hydrogens is 274 g/mol. The molecule has 0 bridgehead atoms. The molecular formula is C15H15NO3S. The summed E-state index contributed by atoms with van der Waals surface area (Å²) in [5.74, 6) is 1.52. The van der Waals surface area contributed by atoms with Crippen molar-refractivity contribution in [3.8, 4) is 11.5 Å². The van der Waals surface area contributed by atoms with E-state index in [0.717, 1.165) is 17.9 Å². The maximum Gasteiger partial charge on any atom is 0.231 e. The second kappa shape index (κ2) is 5.54. The van der Waals surface area contributed by atoms with Crippen molar-refractivity contribution in [2.45, 2.75) is 12.8 Å². The zero-order valence-corrected chi connectivity index (χ0v) is 12.0. The minimum absolute atomic E-state index is 0.0947. The summed E-state index contributed by atoms with van der Waals surface area (Å²) in [6.45, 7) is 0.245. The number of carbonyl (C=O) groups is 1. The number of fused-ring (bicyclic) bond motifs is 1. The van der Waals surface area contributed by atoms with Gasteiger partial charge in [0.05, 0.1) is 0 Å². The molecule has 0 fully saturated rings. The van der Waals surface area contributed by atoms with Gasteiger partial charge < -0.3 is 14.4 Å². The average Bonchev–Trinajstić information content (AvgIpc) is 3.13. The predicted octanol–water partition coefficient (Wildman–Crippen LogP) is 3.07. The molecule has 0 unspecified atom stereocenters. The fraction of sp³-hybridized carbons (Fsp3) is 0.267. The van der Waals surface area contributed by atoms with Crippen LogP contribution in [-0.4, -0.2) is 19.7 Å². The van der Waals surface area contributed by atoms with Gasteiger partial charge in [-0.25, -0.2) is 0 Å². The standard InChI is InChI=1S/C15H15NO3S/c1-16(15(17)7-5-12-3-2-8-20-12)11-4-6-13-14(9-11)19-10-18-13/h2-4,6,8-9H,5,7,10H2,1H3. The van der Waals surface area contributed by atoms with Crippen LogP contribution >= 0.6 is 11.3 Å². The van der Waals surface area contributed by atoms with Gasteiger partial charge in [-0.2, -0.15) is 0 Å². The van der Waals surface area contributed by atoms with Gasteiger partial charge in [0.25, 0.3) is 0 Å². The quantitative estimate of drug-likeness (QED) is 0.868. The van der Waals surface area contributed by atoms with E-state index in [4.69, 9.17) is 9.47 Å². The molecule has 1 aromatic carbocycles. The van der Waals surface area contributed by atoms with E-state index in [1.165, 1.54) is 4.88 Å². The molecule has 2 heterocycles. The molecule has 2 aromatic rings. The molecule has 5 heteroatoms. The molecule has 104 valence electrons. The van der Waals surface area contributed by atoms with E-state index in [-0.39, 0.29) is 12.7 Å². The third-order valence-electron chi connectivity index (χ3n) is 3.28. The number of amides is 1. The van der Waals surface area contributed by atoms with Crippen molar-refractivity contribution >= 4 is 22.9 Å². The van der Waals surface area contributed by atoms with Gasteiger partial charge >= 0.3 is 0 Å². The summed E-state index contributed by atoms with van der Waals surface area (Å²) in [6.07, 6.45) is 1.29. The summed E-state index contributed by atoms with van der Waals surface area (Å²) >= 11 is 1.68. The summed E-state index contributed by atoms with van der Waals surface area (Å²) in [7, 11) is 1.79. The minimum atomic E-state index is 0.0947. The van der Waals surface area contributed by atoms with Crippen molar-refractivity contribution in [2.75, 3.05) is 18.7 Å². The number of hydrogen-bond acceptors (Lipinski definition) is 4. The van der Waals surface area contributed by atoms with Crippen LogP contribution < -0.4 is 14.4 Å². The fourth-order valence-corrected chi connectivity index (χ4v) is 2.80. The van der Waals surface area contributed by atoms with E-state index in [9.17, 15) is 4.79 Å². The van der Waals surface area contributed by atoms with Crippen molar-refractivity contribution in [2.24, 2.45) is 0 Å². The molecule has 0 saturated heterocycles. The minimum Gasteiger partial charge on any atom is -0.454 e. The van der Waals surface area contributed by atoms with Gasteiger partial charge in [0.2, 0.25) is 12.7 Å². The van der Waals surface area contributed by atoms with E-state index in [0.29, 0.717) is 12.2 Å². The van der Waals surface area contributed by atoms with Crippen molar-refractivity contribution in [3.63, 3.8) is 0 Å². The maximum atomic E-state index is 12.2.